The van der Waals surface area contributed by atoms with Crippen molar-refractivity contribution >= 4 is 29.0 Å². The fourth-order valence-electron chi connectivity index (χ4n) is 2.67. The summed E-state index contributed by atoms with van der Waals surface area (Å²) in [5.74, 6) is 0.501. The highest BCUT2D eigenvalue weighted by Gasteiger charge is 2.33. The number of rotatable bonds is 7. The van der Waals surface area contributed by atoms with Crippen LogP contribution in [0.4, 0.5) is 9.18 Å². The molecule has 1 heterocycles. The van der Waals surface area contributed by atoms with Gasteiger partial charge in [-0.3, -0.25) is 14.5 Å². The Bertz CT molecular complexity index is 911. The number of ether oxygens (including phenoxy) is 2. The summed E-state index contributed by atoms with van der Waals surface area (Å²) >= 11 is 0.929. The van der Waals surface area contributed by atoms with Gasteiger partial charge >= 0.3 is 0 Å². The first-order valence-electron chi connectivity index (χ1n) is 8.91. The van der Waals surface area contributed by atoms with E-state index < -0.39 is 0 Å². The lowest BCUT2D eigenvalue weighted by Gasteiger charge is -2.13. The van der Waals surface area contributed by atoms with Gasteiger partial charge in [-0.15, -0.1) is 0 Å². The van der Waals surface area contributed by atoms with Gasteiger partial charge in [-0.1, -0.05) is 18.2 Å². The number of hydrogen-bond acceptors (Lipinski definition) is 5. The molecule has 1 saturated heterocycles. The molecule has 3 rings (SSSR count). The molecule has 1 fully saturated rings. The van der Waals surface area contributed by atoms with Crippen molar-refractivity contribution in [3.05, 3.63) is 64.3 Å². The maximum absolute atomic E-state index is 13.0. The van der Waals surface area contributed by atoms with Gasteiger partial charge in [-0.2, -0.15) is 0 Å². The van der Waals surface area contributed by atoms with E-state index in [9.17, 15) is 14.0 Å². The highest BCUT2D eigenvalue weighted by Crippen LogP contribution is 2.34. The van der Waals surface area contributed by atoms with Crippen molar-refractivity contribution in [2.24, 2.45) is 0 Å². The lowest BCUT2D eigenvalue weighted by atomic mass is 10.1. The first-order chi connectivity index (χ1) is 13.5. The van der Waals surface area contributed by atoms with Crippen LogP contribution in [0.25, 0.3) is 6.08 Å². The second-order valence-electron chi connectivity index (χ2n) is 5.98. The van der Waals surface area contributed by atoms with Gasteiger partial charge in [0.25, 0.3) is 11.1 Å². The summed E-state index contributed by atoms with van der Waals surface area (Å²) in [4.78, 5) is 25.7. The predicted molar refractivity (Wildman–Crippen MR) is 107 cm³/mol. The fourth-order valence-corrected chi connectivity index (χ4v) is 3.57. The van der Waals surface area contributed by atoms with Gasteiger partial charge in [0.1, 0.15) is 12.4 Å². The molecule has 0 radical (unpaired) electrons. The third kappa shape index (κ3) is 4.54. The van der Waals surface area contributed by atoms with Gasteiger partial charge in [-0.25, -0.2) is 4.39 Å². The first kappa shape index (κ1) is 19.9. The van der Waals surface area contributed by atoms with E-state index in [1.54, 1.807) is 43.3 Å². The van der Waals surface area contributed by atoms with E-state index in [0.29, 0.717) is 29.6 Å². The maximum atomic E-state index is 13.0. The summed E-state index contributed by atoms with van der Waals surface area (Å²) in [6, 6.07) is 11.4. The molecular formula is C21H20FNO4S. The molecule has 0 unspecified atom stereocenters. The molecule has 146 valence electrons. The van der Waals surface area contributed by atoms with Crippen LogP contribution in [0.15, 0.2) is 47.4 Å². The molecule has 5 nitrogen and oxygen atoms in total. The van der Waals surface area contributed by atoms with Gasteiger partial charge in [0, 0.05) is 6.54 Å². The molecular weight excluding hydrogens is 381 g/mol. The first-order valence-corrected chi connectivity index (χ1v) is 9.73. The fraction of sp³-hybridized carbons (Fsp3) is 0.238. The Morgan fingerprint density at radius 3 is 2.43 bits per heavy atom. The van der Waals surface area contributed by atoms with Gasteiger partial charge in [0.15, 0.2) is 11.5 Å². The van der Waals surface area contributed by atoms with Crippen molar-refractivity contribution in [3.63, 3.8) is 0 Å². The summed E-state index contributed by atoms with van der Waals surface area (Å²) in [6.07, 6.45) is 1.67. The molecule has 0 bridgehead atoms. The molecule has 2 aromatic carbocycles. The van der Waals surface area contributed by atoms with Crippen LogP contribution in [0.5, 0.6) is 11.5 Å². The normalized spacial score (nSPS) is 15.4. The van der Waals surface area contributed by atoms with Crippen LogP contribution in [0, 0.1) is 5.82 Å². The smallest absolute Gasteiger partial charge is 0.293 e. The van der Waals surface area contributed by atoms with Gasteiger partial charge in [0.2, 0.25) is 0 Å². The number of imide groups is 1. The molecule has 0 aliphatic carbocycles. The Labute approximate surface area is 167 Å². The zero-order valence-corrected chi connectivity index (χ0v) is 16.4. The number of carbonyl (C=O) groups is 2. The lowest BCUT2D eigenvalue weighted by molar-refractivity contribution is -0.122. The number of benzene rings is 2. The summed E-state index contributed by atoms with van der Waals surface area (Å²) in [7, 11) is 0. The van der Waals surface area contributed by atoms with E-state index in [-0.39, 0.29) is 23.6 Å². The summed E-state index contributed by atoms with van der Waals surface area (Å²) in [6.45, 7) is 4.70. The summed E-state index contributed by atoms with van der Waals surface area (Å²) < 4.78 is 24.5. The molecule has 1 aliphatic rings. The predicted octanol–water partition coefficient (Wildman–Crippen LogP) is 4.86. The van der Waals surface area contributed by atoms with Crippen molar-refractivity contribution in [1.82, 2.24) is 4.90 Å². The minimum atomic E-state index is -0.296. The lowest BCUT2D eigenvalue weighted by Crippen LogP contribution is -2.27. The Balaban J connectivity index is 1.79. The molecule has 28 heavy (non-hydrogen) atoms. The van der Waals surface area contributed by atoms with E-state index >= 15 is 0 Å². The topological polar surface area (TPSA) is 55.8 Å². The van der Waals surface area contributed by atoms with Gasteiger partial charge in [-0.05, 0) is 67.1 Å². The third-order valence-corrected chi connectivity index (χ3v) is 4.97. The summed E-state index contributed by atoms with van der Waals surface area (Å²) in [5, 5.41) is -0.261. The molecule has 0 aromatic heterocycles. The highest BCUT2D eigenvalue weighted by atomic mass is 32.2. The molecule has 2 amide bonds. The van der Waals surface area contributed by atoms with Crippen LogP contribution in [0.1, 0.15) is 25.0 Å². The molecule has 0 N–H and O–H groups in total. The molecule has 1 aliphatic heterocycles. The summed E-state index contributed by atoms with van der Waals surface area (Å²) in [5.41, 5.74) is 1.57. The largest absolute Gasteiger partial charge is 0.490 e. The minimum absolute atomic E-state index is 0.261. The van der Waals surface area contributed by atoms with Gasteiger partial charge in [0.05, 0.1) is 11.5 Å². The monoisotopic (exact) mass is 401 g/mol. The van der Waals surface area contributed by atoms with Crippen LogP contribution in [-0.2, 0) is 11.4 Å². The Hall–Kier alpha value is -2.80. The number of amides is 2. The molecule has 0 spiro atoms. The zero-order valence-electron chi connectivity index (χ0n) is 15.6. The van der Waals surface area contributed by atoms with Crippen LogP contribution in [0.2, 0.25) is 0 Å². The maximum Gasteiger partial charge on any atom is 0.293 e. The molecule has 7 heteroatoms. The minimum Gasteiger partial charge on any atom is -0.490 e. The number of hydrogen-bond donors (Lipinski definition) is 0. The van der Waals surface area contributed by atoms with Crippen LogP contribution < -0.4 is 9.47 Å². The SMILES string of the molecule is CCOc1cc(C=C2SC(=O)N(CC)C2=O)ccc1OCc1ccc(F)cc1. The average Bonchev–Trinajstić information content (AvgIpc) is 2.95. The van der Waals surface area contributed by atoms with Crippen molar-refractivity contribution in [2.75, 3.05) is 13.2 Å². The van der Waals surface area contributed by atoms with E-state index in [1.165, 1.54) is 17.0 Å². The highest BCUT2D eigenvalue weighted by molar-refractivity contribution is 8.18. The van der Waals surface area contributed by atoms with Gasteiger partial charge < -0.3 is 9.47 Å². The van der Waals surface area contributed by atoms with E-state index in [1.807, 2.05) is 6.92 Å². The van der Waals surface area contributed by atoms with Crippen molar-refractivity contribution < 1.29 is 23.5 Å². The molecule has 2 aromatic rings. The van der Waals surface area contributed by atoms with Crippen LogP contribution in [-0.4, -0.2) is 29.2 Å². The van der Waals surface area contributed by atoms with E-state index in [4.69, 9.17) is 9.47 Å². The number of nitrogens with zero attached hydrogens (tertiary/aromatic N) is 1. The quantitative estimate of drug-likeness (QED) is 0.620. The van der Waals surface area contributed by atoms with Crippen molar-refractivity contribution in [2.45, 2.75) is 20.5 Å². The zero-order chi connectivity index (χ0) is 20.1. The van der Waals surface area contributed by atoms with Crippen molar-refractivity contribution in [1.29, 1.82) is 0 Å². The number of carbonyl (C=O) groups excluding carboxylic acids is 2. The van der Waals surface area contributed by atoms with E-state index in [2.05, 4.69) is 0 Å². The van der Waals surface area contributed by atoms with Crippen molar-refractivity contribution in [3.8, 4) is 11.5 Å². The second kappa shape index (κ2) is 8.93. The number of halogens is 1. The number of likely N-dealkylation sites (N-methyl/N-ethyl adjacent to an activating group) is 1. The Morgan fingerprint density at radius 1 is 1.04 bits per heavy atom. The average molecular weight is 401 g/mol. The van der Waals surface area contributed by atoms with Crippen LogP contribution in [0.3, 0.4) is 0 Å². The number of thioether (sulfide) groups is 1. The Morgan fingerprint density at radius 2 is 1.79 bits per heavy atom. The van der Waals surface area contributed by atoms with Crippen LogP contribution >= 0.6 is 11.8 Å². The standard InChI is InChI=1S/C21H20FNO4S/c1-3-23-20(24)19(28-21(23)25)12-15-7-10-17(18(11-15)26-4-2)27-13-14-5-8-16(22)9-6-14/h5-12H,3-4,13H2,1-2H3. The third-order valence-electron chi connectivity index (χ3n) is 4.06. The second-order valence-corrected chi connectivity index (χ2v) is 6.97. The Kier molecular flexibility index (Phi) is 6.36. The molecule has 0 atom stereocenters. The molecule has 0 saturated carbocycles. The van der Waals surface area contributed by atoms with E-state index in [0.717, 1.165) is 22.9 Å².